The predicted octanol–water partition coefficient (Wildman–Crippen LogP) is 3.61. The van der Waals surface area contributed by atoms with E-state index in [1.807, 2.05) is 44.2 Å². The highest BCUT2D eigenvalue weighted by molar-refractivity contribution is 5.99. The third-order valence-corrected chi connectivity index (χ3v) is 9.42. The van der Waals surface area contributed by atoms with E-state index in [0.717, 1.165) is 18.4 Å². The van der Waals surface area contributed by atoms with E-state index < -0.39 is 18.0 Å². The minimum Gasteiger partial charge on any atom is -0.445 e. The number of nitrogens with zero attached hydrogens (tertiary/aromatic N) is 2. The Morgan fingerprint density at radius 3 is 2.58 bits per heavy atom. The van der Waals surface area contributed by atoms with E-state index in [-0.39, 0.29) is 66.4 Å². The number of ether oxygens (including phenoxy) is 1. The molecule has 2 aliphatic heterocycles. The molecular formula is C35H50N6O7. The summed E-state index contributed by atoms with van der Waals surface area (Å²) in [5.41, 5.74) is 1.45. The quantitative estimate of drug-likeness (QED) is 0.279. The van der Waals surface area contributed by atoms with Crippen LogP contribution in [0.5, 0.6) is 0 Å². The van der Waals surface area contributed by atoms with Crippen molar-refractivity contribution < 1.29 is 33.2 Å². The third kappa shape index (κ3) is 10.3. The minimum absolute atomic E-state index is 0.0135. The Bertz CT molecular complexity index is 1390. The van der Waals surface area contributed by atoms with Crippen LogP contribution in [0.15, 0.2) is 34.9 Å². The van der Waals surface area contributed by atoms with E-state index in [1.165, 1.54) is 0 Å². The number of likely N-dealkylation sites (tertiary alicyclic amines) is 1. The molecule has 0 aliphatic carbocycles. The number of piperidine rings is 1. The van der Waals surface area contributed by atoms with Crippen LogP contribution in [-0.4, -0.2) is 72.0 Å². The van der Waals surface area contributed by atoms with Gasteiger partial charge in [0.1, 0.15) is 18.2 Å². The SMILES string of the molecule is CCC(CC)C(=O)NCCCC[C@@H]1NC(=O)c2c(C)noc2CNC(=O)C[C@@H]2CCN(C(=O)OCc3ccccc3)C[C@@H]2CCNC1=O. The summed E-state index contributed by atoms with van der Waals surface area (Å²) in [6, 6.07) is 8.64. The predicted molar refractivity (Wildman–Crippen MR) is 177 cm³/mol. The molecule has 2 aromatic rings. The van der Waals surface area contributed by atoms with Gasteiger partial charge in [-0.15, -0.1) is 0 Å². The second-order valence-electron chi connectivity index (χ2n) is 12.7. The zero-order chi connectivity index (χ0) is 34.5. The first-order valence-corrected chi connectivity index (χ1v) is 17.2. The second kappa shape index (κ2) is 18.2. The van der Waals surface area contributed by atoms with Gasteiger partial charge in [0, 0.05) is 38.5 Å². The summed E-state index contributed by atoms with van der Waals surface area (Å²) in [5.74, 6) is -0.875. The van der Waals surface area contributed by atoms with Crippen LogP contribution in [0.1, 0.15) is 92.6 Å². The molecule has 1 aromatic heterocycles. The van der Waals surface area contributed by atoms with Crippen LogP contribution in [-0.2, 0) is 32.3 Å². The van der Waals surface area contributed by atoms with Gasteiger partial charge in [0.2, 0.25) is 17.7 Å². The van der Waals surface area contributed by atoms with Gasteiger partial charge in [-0.25, -0.2) is 4.79 Å². The maximum absolute atomic E-state index is 13.5. The maximum atomic E-state index is 13.5. The molecule has 1 saturated heterocycles. The van der Waals surface area contributed by atoms with Crippen molar-refractivity contribution in [3.05, 3.63) is 52.9 Å². The average Bonchev–Trinajstić information content (AvgIpc) is 3.46. The number of carbonyl (C=O) groups is 5. The summed E-state index contributed by atoms with van der Waals surface area (Å²) in [7, 11) is 0. The molecule has 13 heteroatoms. The molecule has 48 heavy (non-hydrogen) atoms. The number of aryl methyl sites for hydroxylation is 1. The lowest BCUT2D eigenvalue weighted by Gasteiger charge is -2.38. The largest absolute Gasteiger partial charge is 0.445 e. The lowest BCUT2D eigenvalue weighted by atomic mass is 9.81. The number of carbonyl (C=O) groups excluding carboxylic acids is 5. The fourth-order valence-electron chi connectivity index (χ4n) is 6.46. The molecule has 4 N–H and O–H groups in total. The molecule has 5 amide bonds. The van der Waals surface area contributed by atoms with E-state index in [4.69, 9.17) is 9.26 Å². The number of aromatic nitrogens is 1. The summed E-state index contributed by atoms with van der Waals surface area (Å²) in [6.07, 6.45) is 4.14. The molecule has 262 valence electrons. The first kappa shape index (κ1) is 36.4. The fraction of sp³-hybridized carbons (Fsp3) is 0.600. The molecule has 0 saturated carbocycles. The summed E-state index contributed by atoms with van der Waals surface area (Å²) in [4.78, 5) is 67.0. The Labute approximate surface area is 282 Å². The Morgan fingerprint density at radius 1 is 1.06 bits per heavy atom. The van der Waals surface area contributed by atoms with Crippen LogP contribution in [0, 0.1) is 24.7 Å². The highest BCUT2D eigenvalue weighted by atomic mass is 16.6. The molecule has 2 aliphatic rings. The van der Waals surface area contributed by atoms with Gasteiger partial charge in [0.05, 0.1) is 12.2 Å². The first-order chi connectivity index (χ1) is 23.2. The van der Waals surface area contributed by atoms with Crippen molar-refractivity contribution in [1.82, 2.24) is 31.3 Å². The Kier molecular flexibility index (Phi) is 13.8. The van der Waals surface area contributed by atoms with Gasteiger partial charge in [-0.3, -0.25) is 19.2 Å². The number of fused-ring (bicyclic) bond motifs is 2. The first-order valence-electron chi connectivity index (χ1n) is 17.2. The zero-order valence-corrected chi connectivity index (χ0v) is 28.3. The molecule has 0 radical (unpaired) electrons. The molecule has 3 atom stereocenters. The van der Waals surface area contributed by atoms with Crippen molar-refractivity contribution in [3.8, 4) is 0 Å². The van der Waals surface area contributed by atoms with E-state index in [2.05, 4.69) is 26.4 Å². The van der Waals surface area contributed by atoms with Crippen molar-refractivity contribution in [2.24, 2.45) is 17.8 Å². The van der Waals surface area contributed by atoms with Gasteiger partial charge in [-0.1, -0.05) is 49.3 Å². The number of rotatable bonds is 10. The number of amides is 5. The molecule has 0 spiro atoms. The van der Waals surface area contributed by atoms with E-state index >= 15 is 0 Å². The zero-order valence-electron chi connectivity index (χ0n) is 28.3. The molecule has 3 heterocycles. The molecule has 1 aromatic carbocycles. The molecule has 0 bridgehead atoms. The Hall–Kier alpha value is -4.42. The maximum Gasteiger partial charge on any atom is 0.410 e. The third-order valence-electron chi connectivity index (χ3n) is 9.42. The van der Waals surface area contributed by atoms with Crippen LogP contribution < -0.4 is 21.3 Å². The average molecular weight is 667 g/mol. The number of hydrogen-bond donors (Lipinski definition) is 4. The van der Waals surface area contributed by atoms with Crippen molar-refractivity contribution in [3.63, 3.8) is 0 Å². The van der Waals surface area contributed by atoms with Crippen molar-refractivity contribution in [2.45, 2.75) is 91.3 Å². The number of nitrogens with one attached hydrogen (secondary N) is 4. The standard InChI is InChI=1S/C35H50N6O7/c1-4-25(5-2)32(43)36-16-10-9-13-28-33(44)37-17-14-27-21-41(35(46)47-22-24-11-7-6-8-12-24)18-15-26(27)19-30(42)38-20-29-31(34(45)39-28)23(3)40-48-29/h6-8,11-12,25-28H,4-5,9-10,13-22H2,1-3H3,(H,36,43)(H,37,44)(H,38,42)(H,39,45)/t26-,27-,28-/m0/s1. The highest BCUT2D eigenvalue weighted by Gasteiger charge is 2.34. The van der Waals surface area contributed by atoms with E-state index in [1.54, 1.807) is 11.8 Å². The Morgan fingerprint density at radius 2 is 1.83 bits per heavy atom. The molecule has 1 fully saturated rings. The summed E-state index contributed by atoms with van der Waals surface area (Å²) in [5, 5.41) is 15.6. The van der Waals surface area contributed by atoms with Gasteiger partial charge in [-0.05, 0) is 69.3 Å². The minimum atomic E-state index is -0.833. The number of unbranched alkanes of at least 4 members (excludes halogenated alkanes) is 1. The van der Waals surface area contributed by atoms with Crippen LogP contribution in [0.2, 0.25) is 0 Å². The number of benzene rings is 1. The smallest absolute Gasteiger partial charge is 0.410 e. The molecule has 13 nitrogen and oxygen atoms in total. The summed E-state index contributed by atoms with van der Waals surface area (Å²) in [6.45, 7) is 7.42. The monoisotopic (exact) mass is 666 g/mol. The van der Waals surface area contributed by atoms with Crippen LogP contribution in [0.4, 0.5) is 4.79 Å². The highest BCUT2D eigenvalue weighted by Crippen LogP contribution is 2.30. The van der Waals surface area contributed by atoms with E-state index in [9.17, 15) is 24.0 Å². The van der Waals surface area contributed by atoms with Gasteiger partial charge in [-0.2, -0.15) is 0 Å². The number of hydrogen-bond acceptors (Lipinski definition) is 8. The fourth-order valence-corrected chi connectivity index (χ4v) is 6.46. The van der Waals surface area contributed by atoms with E-state index in [0.29, 0.717) is 64.0 Å². The van der Waals surface area contributed by atoms with Crippen LogP contribution >= 0.6 is 0 Å². The van der Waals surface area contributed by atoms with Crippen molar-refractivity contribution in [1.29, 1.82) is 0 Å². The van der Waals surface area contributed by atoms with Gasteiger partial charge in [0.25, 0.3) is 5.91 Å². The normalized spacial score (nSPS) is 20.7. The van der Waals surface area contributed by atoms with Crippen molar-refractivity contribution >= 4 is 29.7 Å². The van der Waals surface area contributed by atoms with Gasteiger partial charge >= 0.3 is 6.09 Å². The van der Waals surface area contributed by atoms with Gasteiger partial charge < -0.3 is 35.4 Å². The van der Waals surface area contributed by atoms with Crippen molar-refractivity contribution in [2.75, 3.05) is 26.2 Å². The second-order valence-corrected chi connectivity index (χ2v) is 12.7. The summed E-state index contributed by atoms with van der Waals surface area (Å²) >= 11 is 0. The molecule has 4 rings (SSSR count). The topological polar surface area (TPSA) is 172 Å². The molecular weight excluding hydrogens is 616 g/mol. The molecule has 0 unspecified atom stereocenters. The summed E-state index contributed by atoms with van der Waals surface area (Å²) < 4.78 is 11.0. The Balaban J connectivity index is 1.42. The lowest BCUT2D eigenvalue weighted by Crippen LogP contribution is -2.48. The van der Waals surface area contributed by atoms with Crippen LogP contribution in [0.3, 0.4) is 0 Å². The van der Waals surface area contributed by atoms with Gasteiger partial charge in [0.15, 0.2) is 5.76 Å². The van der Waals surface area contributed by atoms with Crippen LogP contribution in [0.25, 0.3) is 0 Å². The lowest BCUT2D eigenvalue weighted by molar-refractivity contribution is -0.125.